The van der Waals surface area contributed by atoms with Crippen molar-refractivity contribution >= 4 is 5.82 Å². The van der Waals surface area contributed by atoms with Crippen molar-refractivity contribution in [3.8, 4) is 6.07 Å². The van der Waals surface area contributed by atoms with Crippen molar-refractivity contribution in [3.05, 3.63) is 27.5 Å². The maximum atomic E-state index is 11.4. The third-order valence-corrected chi connectivity index (χ3v) is 3.00. The fraction of sp³-hybridized carbons (Fsp3) is 0.500. The highest BCUT2D eigenvalue weighted by Crippen LogP contribution is 2.21. The highest BCUT2D eigenvalue weighted by Gasteiger charge is 2.16. The van der Waals surface area contributed by atoms with Gasteiger partial charge in [-0.1, -0.05) is 0 Å². The van der Waals surface area contributed by atoms with E-state index in [0.29, 0.717) is 11.4 Å². The number of hydrogen-bond donors (Lipinski definition) is 1. The summed E-state index contributed by atoms with van der Waals surface area (Å²) in [5, 5.41) is 9.12. The molecule has 1 aliphatic heterocycles. The van der Waals surface area contributed by atoms with Gasteiger partial charge < -0.3 is 9.88 Å². The van der Waals surface area contributed by atoms with E-state index in [1.54, 1.807) is 6.92 Å². The monoisotopic (exact) mass is 217 g/mol. The number of rotatable bonds is 1. The first-order valence-electron chi connectivity index (χ1n) is 5.61. The molecule has 16 heavy (non-hydrogen) atoms. The number of anilines is 1. The molecule has 1 fully saturated rings. The number of nitriles is 1. The smallest absolute Gasteiger partial charge is 0.249 e. The molecule has 4 heteroatoms. The lowest BCUT2D eigenvalue weighted by Crippen LogP contribution is -2.32. The van der Waals surface area contributed by atoms with Crippen molar-refractivity contribution in [3.63, 3.8) is 0 Å². The van der Waals surface area contributed by atoms with Gasteiger partial charge in [0.1, 0.15) is 11.9 Å². The summed E-state index contributed by atoms with van der Waals surface area (Å²) in [6.45, 7) is 3.66. The number of piperidine rings is 1. The number of nitrogens with zero attached hydrogens (tertiary/aromatic N) is 2. The van der Waals surface area contributed by atoms with Gasteiger partial charge in [0, 0.05) is 19.2 Å². The molecule has 0 radical (unpaired) electrons. The van der Waals surface area contributed by atoms with E-state index < -0.39 is 0 Å². The van der Waals surface area contributed by atoms with Crippen molar-refractivity contribution in [1.29, 1.82) is 5.26 Å². The zero-order chi connectivity index (χ0) is 11.5. The lowest BCUT2D eigenvalue weighted by molar-refractivity contribution is 0.572. The molecular formula is C12H15N3O. The summed E-state index contributed by atoms with van der Waals surface area (Å²) in [4.78, 5) is 16.3. The van der Waals surface area contributed by atoms with Crippen molar-refractivity contribution in [2.75, 3.05) is 18.0 Å². The van der Waals surface area contributed by atoms with Gasteiger partial charge in [-0.3, -0.25) is 4.79 Å². The molecule has 0 spiro atoms. The molecule has 0 bridgehead atoms. The zero-order valence-corrected chi connectivity index (χ0v) is 9.42. The second-order valence-electron chi connectivity index (χ2n) is 4.20. The average molecular weight is 217 g/mol. The van der Waals surface area contributed by atoms with E-state index in [2.05, 4.69) is 16.0 Å². The number of aryl methyl sites for hydroxylation is 1. The van der Waals surface area contributed by atoms with Gasteiger partial charge in [0.15, 0.2) is 0 Å². The molecule has 84 valence electrons. The average Bonchev–Trinajstić information content (AvgIpc) is 2.29. The Bertz CT molecular complexity index is 478. The summed E-state index contributed by atoms with van der Waals surface area (Å²) in [5.41, 5.74) is 1.23. The van der Waals surface area contributed by atoms with E-state index in [0.717, 1.165) is 31.5 Å². The molecular weight excluding hydrogens is 202 g/mol. The number of aromatic amines is 1. The van der Waals surface area contributed by atoms with Crippen LogP contribution in [0.1, 0.15) is 30.4 Å². The van der Waals surface area contributed by atoms with Crippen molar-refractivity contribution in [2.24, 2.45) is 0 Å². The summed E-state index contributed by atoms with van der Waals surface area (Å²) in [6, 6.07) is 3.65. The summed E-state index contributed by atoms with van der Waals surface area (Å²) in [7, 11) is 0. The molecule has 0 atom stereocenters. The first-order valence-corrected chi connectivity index (χ1v) is 5.61. The Labute approximate surface area is 94.5 Å². The third-order valence-electron chi connectivity index (χ3n) is 3.00. The summed E-state index contributed by atoms with van der Waals surface area (Å²) >= 11 is 0. The fourth-order valence-electron chi connectivity index (χ4n) is 2.17. The van der Waals surface area contributed by atoms with Crippen LogP contribution in [0.4, 0.5) is 5.82 Å². The minimum Gasteiger partial charge on any atom is -0.357 e. The summed E-state index contributed by atoms with van der Waals surface area (Å²) in [5.74, 6) is 0.701. The fourth-order valence-corrected chi connectivity index (χ4v) is 2.17. The molecule has 4 nitrogen and oxygen atoms in total. The Balaban J connectivity index is 2.46. The number of pyridine rings is 1. The van der Waals surface area contributed by atoms with E-state index in [9.17, 15) is 4.79 Å². The molecule has 0 amide bonds. The van der Waals surface area contributed by atoms with Crippen molar-refractivity contribution < 1.29 is 0 Å². The largest absolute Gasteiger partial charge is 0.357 e. The highest BCUT2D eigenvalue weighted by molar-refractivity contribution is 5.57. The SMILES string of the molecule is Cc1cc(=O)[nH]c(N2CCCCC2)c1C#N. The van der Waals surface area contributed by atoms with Crippen LogP contribution in [0.2, 0.25) is 0 Å². The summed E-state index contributed by atoms with van der Waals surface area (Å²) in [6.07, 6.45) is 3.48. The first-order chi connectivity index (χ1) is 7.72. The van der Waals surface area contributed by atoms with Gasteiger partial charge in [-0.05, 0) is 31.7 Å². The molecule has 1 saturated heterocycles. The molecule has 2 heterocycles. The zero-order valence-electron chi connectivity index (χ0n) is 9.42. The van der Waals surface area contributed by atoms with Crippen LogP contribution in [-0.2, 0) is 0 Å². The molecule has 0 unspecified atom stereocenters. The molecule has 1 aromatic rings. The molecule has 0 aromatic carbocycles. The minimum atomic E-state index is -0.128. The Hall–Kier alpha value is -1.76. The third kappa shape index (κ3) is 1.94. The van der Waals surface area contributed by atoms with Crippen LogP contribution in [0, 0.1) is 18.3 Å². The molecule has 1 aliphatic rings. The van der Waals surface area contributed by atoms with E-state index in [-0.39, 0.29) is 5.56 Å². The van der Waals surface area contributed by atoms with Crippen LogP contribution in [0.25, 0.3) is 0 Å². The Morgan fingerprint density at radius 3 is 2.69 bits per heavy atom. The predicted octanol–water partition coefficient (Wildman–Crippen LogP) is 1.55. The Morgan fingerprint density at radius 1 is 1.38 bits per heavy atom. The van der Waals surface area contributed by atoms with Crippen LogP contribution in [0.15, 0.2) is 10.9 Å². The normalized spacial score (nSPS) is 15.9. The van der Waals surface area contributed by atoms with Gasteiger partial charge in [0.25, 0.3) is 0 Å². The first kappa shape index (κ1) is 10.7. The second-order valence-corrected chi connectivity index (χ2v) is 4.20. The predicted molar refractivity (Wildman–Crippen MR) is 62.6 cm³/mol. The van der Waals surface area contributed by atoms with Gasteiger partial charge in [-0.25, -0.2) is 0 Å². The van der Waals surface area contributed by atoms with E-state index in [1.807, 2.05) is 0 Å². The molecule has 1 aromatic heterocycles. The standard InChI is InChI=1S/C12H15N3O/c1-9-7-11(16)14-12(10(9)8-13)15-5-3-2-4-6-15/h7H,2-6H2,1H3,(H,14,16). The van der Waals surface area contributed by atoms with Crippen molar-refractivity contribution in [1.82, 2.24) is 4.98 Å². The minimum absolute atomic E-state index is 0.128. The van der Waals surface area contributed by atoms with Crippen LogP contribution >= 0.6 is 0 Å². The maximum Gasteiger partial charge on any atom is 0.249 e. The number of aromatic nitrogens is 1. The van der Waals surface area contributed by atoms with E-state index in [4.69, 9.17) is 5.26 Å². The van der Waals surface area contributed by atoms with Gasteiger partial charge in [-0.15, -0.1) is 0 Å². The summed E-state index contributed by atoms with van der Waals surface area (Å²) < 4.78 is 0. The molecule has 2 rings (SSSR count). The maximum absolute atomic E-state index is 11.4. The number of nitrogens with one attached hydrogen (secondary N) is 1. The van der Waals surface area contributed by atoms with Crippen molar-refractivity contribution in [2.45, 2.75) is 26.2 Å². The van der Waals surface area contributed by atoms with Gasteiger partial charge in [-0.2, -0.15) is 5.26 Å². The lowest BCUT2D eigenvalue weighted by atomic mass is 10.1. The molecule has 1 N–H and O–H groups in total. The van der Waals surface area contributed by atoms with Crippen LogP contribution < -0.4 is 10.5 Å². The highest BCUT2D eigenvalue weighted by atomic mass is 16.1. The number of hydrogen-bond acceptors (Lipinski definition) is 3. The topological polar surface area (TPSA) is 59.9 Å². The van der Waals surface area contributed by atoms with E-state index in [1.165, 1.54) is 12.5 Å². The lowest BCUT2D eigenvalue weighted by Gasteiger charge is -2.29. The second kappa shape index (κ2) is 4.40. The van der Waals surface area contributed by atoms with Gasteiger partial charge in [0.2, 0.25) is 5.56 Å². The quantitative estimate of drug-likeness (QED) is 0.776. The molecule has 0 saturated carbocycles. The molecule has 0 aliphatic carbocycles. The Morgan fingerprint density at radius 2 is 2.06 bits per heavy atom. The van der Waals surface area contributed by atoms with Crippen LogP contribution in [0.3, 0.4) is 0 Å². The number of H-pyrrole nitrogens is 1. The van der Waals surface area contributed by atoms with Crippen LogP contribution in [-0.4, -0.2) is 18.1 Å². The van der Waals surface area contributed by atoms with Gasteiger partial charge >= 0.3 is 0 Å². The Kier molecular flexibility index (Phi) is 2.95. The van der Waals surface area contributed by atoms with Crippen LogP contribution in [0.5, 0.6) is 0 Å². The van der Waals surface area contributed by atoms with E-state index >= 15 is 0 Å². The van der Waals surface area contributed by atoms with Gasteiger partial charge in [0.05, 0.1) is 5.56 Å².